The Hall–Kier alpha value is -0.620. The van der Waals surface area contributed by atoms with Gasteiger partial charge in [-0.15, -0.1) is 0 Å². The SMILES string of the molecule is CC(C)(C)c1cnc(SCC(=O)O)n1CC1CCCS1. The molecule has 1 unspecified atom stereocenters. The lowest BCUT2D eigenvalue weighted by Crippen LogP contribution is -2.21. The van der Waals surface area contributed by atoms with Crippen molar-refractivity contribution >= 4 is 29.5 Å². The second-order valence-electron chi connectivity index (χ2n) is 6.10. The highest BCUT2D eigenvalue weighted by atomic mass is 32.2. The minimum Gasteiger partial charge on any atom is -0.481 e. The molecule has 2 heterocycles. The molecule has 1 aliphatic rings. The van der Waals surface area contributed by atoms with E-state index in [4.69, 9.17) is 5.11 Å². The predicted octanol–water partition coefficient (Wildman–Crippen LogP) is 3.25. The molecule has 1 aromatic heterocycles. The van der Waals surface area contributed by atoms with Gasteiger partial charge < -0.3 is 9.67 Å². The van der Waals surface area contributed by atoms with E-state index in [2.05, 4.69) is 30.3 Å². The summed E-state index contributed by atoms with van der Waals surface area (Å²) in [5.41, 5.74) is 1.22. The summed E-state index contributed by atoms with van der Waals surface area (Å²) >= 11 is 3.34. The van der Waals surface area contributed by atoms with Crippen LogP contribution in [0.15, 0.2) is 11.4 Å². The van der Waals surface area contributed by atoms with Crippen molar-refractivity contribution < 1.29 is 9.90 Å². The Balaban J connectivity index is 2.22. The fourth-order valence-corrected chi connectivity index (χ4v) is 4.33. The molecule has 1 saturated heterocycles. The van der Waals surface area contributed by atoms with Gasteiger partial charge in [-0.1, -0.05) is 32.5 Å². The molecular weight excluding hydrogens is 292 g/mol. The zero-order chi connectivity index (χ0) is 14.8. The molecule has 0 aromatic carbocycles. The fraction of sp³-hybridized carbons (Fsp3) is 0.714. The third-order valence-electron chi connectivity index (χ3n) is 3.32. The number of carboxylic acid groups (broad SMARTS) is 1. The van der Waals surface area contributed by atoms with Crippen molar-refractivity contribution in [1.29, 1.82) is 0 Å². The van der Waals surface area contributed by atoms with Gasteiger partial charge in [0, 0.05) is 29.1 Å². The van der Waals surface area contributed by atoms with E-state index < -0.39 is 5.97 Å². The van der Waals surface area contributed by atoms with Gasteiger partial charge in [-0.25, -0.2) is 4.98 Å². The highest BCUT2D eigenvalue weighted by Gasteiger charge is 2.25. The summed E-state index contributed by atoms with van der Waals surface area (Å²) in [4.78, 5) is 15.2. The smallest absolute Gasteiger partial charge is 0.313 e. The topological polar surface area (TPSA) is 55.1 Å². The molecule has 0 saturated carbocycles. The maximum Gasteiger partial charge on any atom is 0.313 e. The second-order valence-corrected chi connectivity index (χ2v) is 8.45. The summed E-state index contributed by atoms with van der Waals surface area (Å²) in [6.45, 7) is 7.47. The van der Waals surface area contributed by atoms with E-state index in [0.29, 0.717) is 5.25 Å². The van der Waals surface area contributed by atoms with E-state index in [9.17, 15) is 4.79 Å². The third kappa shape index (κ3) is 3.95. The maximum absolute atomic E-state index is 10.8. The number of carbonyl (C=O) groups is 1. The van der Waals surface area contributed by atoms with Crippen molar-refractivity contribution in [3.63, 3.8) is 0 Å². The average Bonchev–Trinajstić information content (AvgIpc) is 2.95. The Bertz CT molecular complexity index is 474. The molecule has 20 heavy (non-hydrogen) atoms. The number of rotatable bonds is 5. The van der Waals surface area contributed by atoms with Crippen molar-refractivity contribution in [3.8, 4) is 0 Å². The van der Waals surface area contributed by atoms with Crippen molar-refractivity contribution in [3.05, 3.63) is 11.9 Å². The van der Waals surface area contributed by atoms with Gasteiger partial charge in [-0.2, -0.15) is 11.8 Å². The summed E-state index contributed by atoms with van der Waals surface area (Å²) < 4.78 is 2.23. The van der Waals surface area contributed by atoms with Gasteiger partial charge in [0.1, 0.15) is 0 Å². The van der Waals surface area contributed by atoms with Crippen LogP contribution in [0.2, 0.25) is 0 Å². The van der Waals surface area contributed by atoms with E-state index in [1.165, 1.54) is 36.1 Å². The van der Waals surface area contributed by atoms with Crippen LogP contribution in [0.25, 0.3) is 0 Å². The maximum atomic E-state index is 10.8. The number of thioether (sulfide) groups is 2. The van der Waals surface area contributed by atoms with E-state index in [1.807, 2.05) is 18.0 Å². The number of hydrogen-bond acceptors (Lipinski definition) is 4. The molecule has 4 nitrogen and oxygen atoms in total. The molecule has 1 fully saturated rings. The summed E-state index contributed by atoms with van der Waals surface area (Å²) in [6.07, 6.45) is 4.44. The molecule has 1 atom stereocenters. The molecule has 0 amide bonds. The van der Waals surface area contributed by atoms with Gasteiger partial charge in [0.25, 0.3) is 0 Å². The summed E-state index contributed by atoms with van der Waals surface area (Å²) in [5.74, 6) is 0.511. The van der Waals surface area contributed by atoms with Crippen LogP contribution in [-0.4, -0.2) is 37.4 Å². The standard InChI is InChI=1S/C14H22N2O2S2/c1-14(2,3)11-7-15-13(20-9-12(17)18)16(11)8-10-5-4-6-19-10/h7,10H,4-6,8-9H2,1-3H3,(H,17,18). The van der Waals surface area contributed by atoms with Crippen LogP contribution in [0.3, 0.4) is 0 Å². The first-order chi connectivity index (χ1) is 9.38. The molecule has 0 aliphatic carbocycles. The van der Waals surface area contributed by atoms with Crippen LogP contribution in [0.5, 0.6) is 0 Å². The first-order valence-electron chi connectivity index (χ1n) is 6.90. The highest BCUT2D eigenvalue weighted by Crippen LogP contribution is 2.32. The summed E-state index contributed by atoms with van der Waals surface area (Å²) in [5, 5.41) is 10.3. The number of imidazole rings is 1. The largest absolute Gasteiger partial charge is 0.481 e. The molecule has 0 bridgehead atoms. The molecule has 1 N–H and O–H groups in total. The lowest BCUT2D eigenvalue weighted by atomic mass is 9.92. The van der Waals surface area contributed by atoms with Gasteiger partial charge in [-0.05, 0) is 18.6 Å². The van der Waals surface area contributed by atoms with Crippen LogP contribution < -0.4 is 0 Å². The molecule has 0 radical (unpaired) electrons. The van der Waals surface area contributed by atoms with Gasteiger partial charge >= 0.3 is 5.97 Å². The van der Waals surface area contributed by atoms with Gasteiger partial charge in [0.2, 0.25) is 0 Å². The number of hydrogen-bond donors (Lipinski definition) is 1. The molecule has 0 spiro atoms. The number of nitrogens with zero attached hydrogens (tertiary/aromatic N) is 2. The Labute approximate surface area is 128 Å². The fourth-order valence-electron chi connectivity index (χ4n) is 2.37. The Morgan fingerprint density at radius 1 is 1.60 bits per heavy atom. The Morgan fingerprint density at radius 3 is 2.90 bits per heavy atom. The van der Waals surface area contributed by atoms with Crippen LogP contribution in [0.4, 0.5) is 0 Å². The lowest BCUT2D eigenvalue weighted by Gasteiger charge is -2.23. The van der Waals surface area contributed by atoms with Crippen LogP contribution >= 0.6 is 23.5 Å². The van der Waals surface area contributed by atoms with Crippen LogP contribution in [-0.2, 0) is 16.8 Å². The third-order valence-corrected chi connectivity index (χ3v) is 5.68. The van der Waals surface area contributed by atoms with Gasteiger partial charge in [-0.3, -0.25) is 4.79 Å². The molecular formula is C14H22N2O2S2. The van der Waals surface area contributed by atoms with E-state index in [1.54, 1.807) is 0 Å². The first kappa shape index (κ1) is 15.8. The van der Waals surface area contributed by atoms with E-state index in [0.717, 1.165) is 11.7 Å². The predicted molar refractivity (Wildman–Crippen MR) is 84.8 cm³/mol. The summed E-state index contributed by atoms with van der Waals surface area (Å²) in [7, 11) is 0. The molecule has 6 heteroatoms. The van der Waals surface area contributed by atoms with Crippen LogP contribution in [0, 0.1) is 0 Å². The first-order valence-corrected chi connectivity index (χ1v) is 8.93. The normalized spacial score (nSPS) is 19.4. The minimum atomic E-state index is -0.794. The van der Waals surface area contributed by atoms with Crippen molar-refractivity contribution in [2.24, 2.45) is 0 Å². The number of aromatic nitrogens is 2. The van der Waals surface area contributed by atoms with Crippen molar-refractivity contribution in [2.75, 3.05) is 11.5 Å². The molecule has 1 aromatic rings. The van der Waals surface area contributed by atoms with E-state index >= 15 is 0 Å². The molecule has 1 aliphatic heterocycles. The van der Waals surface area contributed by atoms with Crippen molar-refractivity contribution in [2.45, 2.75) is 56.0 Å². The average molecular weight is 314 g/mol. The van der Waals surface area contributed by atoms with Crippen molar-refractivity contribution in [1.82, 2.24) is 9.55 Å². The number of aliphatic carboxylic acids is 1. The van der Waals surface area contributed by atoms with Gasteiger partial charge in [0.05, 0.1) is 5.75 Å². The quantitative estimate of drug-likeness (QED) is 0.846. The second kappa shape index (κ2) is 6.43. The molecule has 112 valence electrons. The van der Waals surface area contributed by atoms with Crippen LogP contribution in [0.1, 0.15) is 39.3 Å². The Kier molecular flexibility index (Phi) is 5.07. The zero-order valence-electron chi connectivity index (χ0n) is 12.3. The van der Waals surface area contributed by atoms with E-state index in [-0.39, 0.29) is 11.2 Å². The minimum absolute atomic E-state index is 0.0261. The monoisotopic (exact) mass is 314 g/mol. The van der Waals surface area contributed by atoms with Gasteiger partial charge in [0.15, 0.2) is 5.16 Å². The number of carboxylic acids is 1. The lowest BCUT2D eigenvalue weighted by molar-refractivity contribution is -0.133. The molecule has 2 rings (SSSR count). The zero-order valence-corrected chi connectivity index (χ0v) is 13.9. The Morgan fingerprint density at radius 2 is 2.35 bits per heavy atom. The summed E-state index contributed by atoms with van der Waals surface area (Å²) in [6, 6.07) is 0. The highest BCUT2D eigenvalue weighted by molar-refractivity contribution is 8.00.